The number of hydrogen-bond acceptors (Lipinski definition) is 5. The molecule has 1 fully saturated rings. The van der Waals surface area contributed by atoms with Gasteiger partial charge in [-0.2, -0.15) is 0 Å². The highest BCUT2D eigenvalue weighted by atomic mass is 32.2. The predicted molar refractivity (Wildman–Crippen MR) is 59.8 cm³/mol. The summed E-state index contributed by atoms with van der Waals surface area (Å²) >= 11 is 1.86. The van der Waals surface area contributed by atoms with Crippen LogP contribution in [0.15, 0.2) is 10.2 Å². The third-order valence-electron chi connectivity index (χ3n) is 3.23. The van der Waals surface area contributed by atoms with E-state index in [-0.39, 0.29) is 9.49 Å². The van der Waals surface area contributed by atoms with Gasteiger partial charge in [0.05, 0.1) is 9.49 Å². The number of nitrogens with zero attached hydrogens (tertiary/aromatic N) is 2. The molecule has 1 atom stereocenters. The molecule has 0 radical (unpaired) electrons. The van der Waals surface area contributed by atoms with E-state index in [1.807, 2.05) is 11.8 Å². The van der Waals surface area contributed by atoms with E-state index in [1.165, 1.54) is 0 Å². The van der Waals surface area contributed by atoms with Gasteiger partial charge in [-0.1, -0.05) is 0 Å². The second-order valence-electron chi connectivity index (χ2n) is 5.17. The molecule has 5 heteroatoms. The molecule has 0 aromatic rings. The smallest absolute Gasteiger partial charge is 0.286 e. The van der Waals surface area contributed by atoms with Crippen molar-refractivity contribution in [3.63, 3.8) is 0 Å². The van der Waals surface area contributed by atoms with E-state index < -0.39 is 11.6 Å². The van der Waals surface area contributed by atoms with Crippen LogP contribution in [-0.4, -0.2) is 28.2 Å². The average Bonchev–Trinajstić information content (AvgIpc) is 2.46. The zero-order valence-corrected chi connectivity index (χ0v) is 10.9. The van der Waals surface area contributed by atoms with Gasteiger partial charge in [-0.05, 0) is 27.7 Å². The quantitative estimate of drug-likeness (QED) is 0.695. The fourth-order valence-electron chi connectivity index (χ4n) is 2.50. The SMILES string of the molecule is COC1(C)N=NC2(O1)C(C)(C)SC2(C)C. The van der Waals surface area contributed by atoms with Gasteiger partial charge in [0.1, 0.15) is 0 Å². The average molecular weight is 230 g/mol. The van der Waals surface area contributed by atoms with Crippen molar-refractivity contribution in [2.45, 2.75) is 55.7 Å². The Bertz CT molecular complexity index is 313. The molecule has 0 aromatic carbocycles. The number of ether oxygens (including phenoxy) is 2. The van der Waals surface area contributed by atoms with Gasteiger partial charge < -0.3 is 4.74 Å². The van der Waals surface area contributed by atoms with Gasteiger partial charge in [0.2, 0.25) is 5.72 Å². The maximum Gasteiger partial charge on any atom is 0.286 e. The van der Waals surface area contributed by atoms with Crippen LogP contribution in [0.4, 0.5) is 0 Å². The second-order valence-corrected chi connectivity index (χ2v) is 7.42. The highest BCUT2D eigenvalue weighted by Crippen LogP contribution is 2.67. The van der Waals surface area contributed by atoms with Gasteiger partial charge in [0, 0.05) is 14.0 Å². The fourth-order valence-corrected chi connectivity index (χ4v) is 4.57. The van der Waals surface area contributed by atoms with Crippen molar-refractivity contribution in [1.82, 2.24) is 0 Å². The predicted octanol–water partition coefficient (Wildman–Crippen LogP) is 2.79. The minimum absolute atomic E-state index is 0.0592. The minimum Gasteiger partial charge on any atom is -0.334 e. The Kier molecular flexibility index (Phi) is 2.09. The van der Waals surface area contributed by atoms with Crippen LogP contribution in [0.5, 0.6) is 0 Å². The lowest BCUT2D eigenvalue weighted by molar-refractivity contribution is -0.254. The Morgan fingerprint density at radius 1 is 1.00 bits per heavy atom. The zero-order chi connectivity index (χ0) is 11.5. The Morgan fingerprint density at radius 2 is 1.53 bits per heavy atom. The Labute approximate surface area is 94.8 Å². The first-order valence-corrected chi connectivity index (χ1v) is 5.89. The van der Waals surface area contributed by atoms with Gasteiger partial charge in [0.15, 0.2) is 0 Å². The van der Waals surface area contributed by atoms with Crippen molar-refractivity contribution in [3.05, 3.63) is 0 Å². The van der Waals surface area contributed by atoms with Crippen molar-refractivity contribution in [2.75, 3.05) is 7.11 Å². The molecule has 0 bridgehead atoms. The van der Waals surface area contributed by atoms with Crippen molar-refractivity contribution >= 4 is 11.8 Å². The number of thioether (sulfide) groups is 1. The van der Waals surface area contributed by atoms with E-state index in [0.29, 0.717) is 0 Å². The molecule has 86 valence electrons. The third kappa shape index (κ3) is 1.23. The number of methoxy groups -OCH3 is 1. The summed E-state index contributed by atoms with van der Waals surface area (Å²) in [5.74, 6) is -0.921. The molecule has 4 nitrogen and oxygen atoms in total. The topological polar surface area (TPSA) is 43.2 Å². The van der Waals surface area contributed by atoms with Crippen LogP contribution >= 0.6 is 11.8 Å². The highest BCUT2D eigenvalue weighted by Gasteiger charge is 2.73. The van der Waals surface area contributed by atoms with Crippen LogP contribution in [0.25, 0.3) is 0 Å². The summed E-state index contributed by atoms with van der Waals surface area (Å²) in [5.41, 5.74) is -0.560. The molecule has 0 aromatic heterocycles. The largest absolute Gasteiger partial charge is 0.334 e. The lowest BCUT2D eigenvalue weighted by atomic mass is 9.85. The molecule has 1 spiro atoms. The summed E-state index contributed by atoms with van der Waals surface area (Å²) in [6, 6.07) is 0. The van der Waals surface area contributed by atoms with Crippen molar-refractivity contribution < 1.29 is 9.47 Å². The maximum atomic E-state index is 5.98. The lowest BCUT2D eigenvalue weighted by Gasteiger charge is -2.60. The molecule has 0 N–H and O–H groups in total. The molecule has 0 amide bonds. The Hall–Kier alpha value is -0.130. The molecule has 1 unspecified atom stereocenters. The molecule has 2 heterocycles. The minimum atomic E-state index is -0.921. The van der Waals surface area contributed by atoms with Crippen LogP contribution in [0.2, 0.25) is 0 Å². The Balaban J connectivity index is 2.34. The van der Waals surface area contributed by atoms with Crippen LogP contribution in [-0.2, 0) is 9.47 Å². The molecular weight excluding hydrogens is 212 g/mol. The van der Waals surface area contributed by atoms with Crippen LogP contribution < -0.4 is 0 Å². The van der Waals surface area contributed by atoms with Gasteiger partial charge >= 0.3 is 0 Å². The van der Waals surface area contributed by atoms with E-state index >= 15 is 0 Å². The molecule has 1 saturated heterocycles. The van der Waals surface area contributed by atoms with Crippen molar-refractivity contribution in [3.8, 4) is 0 Å². The summed E-state index contributed by atoms with van der Waals surface area (Å²) in [4.78, 5) is 0. The first kappa shape index (κ1) is 11.4. The molecule has 2 aliphatic heterocycles. The van der Waals surface area contributed by atoms with E-state index in [2.05, 4.69) is 37.9 Å². The van der Waals surface area contributed by atoms with Crippen molar-refractivity contribution in [1.29, 1.82) is 0 Å². The van der Waals surface area contributed by atoms with Gasteiger partial charge in [-0.15, -0.1) is 22.0 Å². The summed E-state index contributed by atoms with van der Waals surface area (Å²) in [5, 5.41) is 8.48. The standard InChI is InChI=1S/C10H18N2O2S/c1-7(2)10(8(3,4)15-7)12-11-9(5,13-6)14-10/h1-6H3. The summed E-state index contributed by atoms with van der Waals surface area (Å²) in [6.45, 7) is 10.3. The lowest BCUT2D eigenvalue weighted by Crippen LogP contribution is -2.70. The molecule has 2 aliphatic rings. The third-order valence-corrected chi connectivity index (χ3v) is 4.80. The van der Waals surface area contributed by atoms with E-state index in [4.69, 9.17) is 9.47 Å². The van der Waals surface area contributed by atoms with Gasteiger partial charge in [-0.3, -0.25) is 4.74 Å². The van der Waals surface area contributed by atoms with Crippen LogP contribution in [0.1, 0.15) is 34.6 Å². The zero-order valence-electron chi connectivity index (χ0n) is 10.1. The number of hydrogen-bond donors (Lipinski definition) is 0. The maximum absolute atomic E-state index is 5.98. The fraction of sp³-hybridized carbons (Fsp3) is 1.00. The summed E-state index contributed by atoms with van der Waals surface area (Å²) in [7, 11) is 1.59. The molecular formula is C10H18N2O2S. The number of rotatable bonds is 1. The van der Waals surface area contributed by atoms with E-state index in [9.17, 15) is 0 Å². The molecule has 2 rings (SSSR count). The van der Waals surface area contributed by atoms with Crippen LogP contribution in [0, 0.1) is 0 Å². The van der Waals surface area contributed by atoms with E-state index in [1.54, 1.807) is 14.0 Å². The molecule has 0 aliphatic carbocycles. The van der Waals surface area contributed by atoms with Gasteiger partial charge in [-0.25, -0.2) is 0 Å². The first-order chi connectivity index (χ1) is 6.68. The van der Waals surface area contributed by atoms with Crippen LogP contribution in [0.3, 0.4) is 0 Å². The summed E-state index contributed by atoms with van der Waals surface area (Å²) in [6.07, 6.45) is 0. The van der Waals surface area contributed by atoms with Crippen molar-refractivity contribution in [2.24, 2.45) is 10.2 Å². The monoisotopic (exact) mass is 230 g/mol. The second kappa shape index (κ2) is 2.76. The summed E-state index contributed by atoms with van der Waals surface area (Å²) < 4.78 is 11.1. The normalized spacial score (nSPS) is 39.3. The number of azo groups is 1. The molecule has 15 heavy (non-hydrogen) atoms. The van der Waals surface area contributed by atoms with E-state index in [0.717, 1.165) is 0 Å². The highest BCUT2D eigenvalue weighted by molar-refractivity contribution is 8.03. The molecule has 0 saturated carbocycles. The first-order valence-electron chi connectivity index (χ1n) is 5.08. The van der Waals surface area contributed by atoms with Gasteiger partial charge in [0.25, 0.3) is 5.91 Å². The Morgan fingerprint density at radius 3 is 1.80 bits per heavy atom.